The summed E-state index contributed by atoms with van der Waals surface area (Å²) in [7, 11) is 0. The highest BCUT2D eigenvalue weighted by molar-refractivity contribution is 5.90. The van der Waals surface area contributed by atoms with Gasteiger partial charge in [0.15, 0.2) is 0 Å². The third-order valence-corrected chi connectivity index (χ3v) is 7.47. The number of unbranched alkanes of at least 4 members (excludes halogenated alkanes) is 1. The Balaban J connectivity index is 1.44. The lowest BCUT2D eigenvalue weighted by Gasteiger charge is -2.31. The summed E-state index contributed by atoms with van der Waals surface area (Å²) in [5.74, 6) is 2.71. The molecule has 25 heavy (non-hydrogen) atoms. The van der Waals surface area contributed by atoms with Crippen molar-refractivity contribution >= 4 is 11.6 Å². The SMILES string of the molecule is CCCCC1CCCCC1CC(=O)CCC1(C(=O)C2CCCC2)CC1. The summed E-state index contributed by atoms with van der Waals surface area (Å²) in [5, 5.41) is 0. The van der Waals surface area contributed by atoms with E-state index in [9.17, 15) is 9.59 Å². The van der Waals surface area contributed by atoms with E-state index >= 15 is 0 Å². The van der Waals surface area contributed by atoms with Gasteiger partial charge in [-0.05, 0) is 50.4 Å². The first-order chi connectivity index (χ1) is 12.1. The van der Waals surface area contributed by atoms with Crippen molar-refractivity contribution in [3.63, 3.8) is 0 Å². The second kappa shape index (κ2) is 8.82. The number of ketones is 2. The van der Waals surface area contributed by atoms with Gasteiger partial charge in [-0.15, -0.1) is 0 Å². The van der Waals surface area contributed by atoms with Crippen LogP contribution in [0.4, 0.5) is 0 Å². The lowest BCUT2D eigenvalue weighted by Crippen LogP contribution is -2.25. The molecule has 3 aliphatic carbocycles. The Morgan fingerprint density at radius 1 is 0.920 bits per heavy atom. The van der Waals surface area contributed by atoms with Crippen LogP contribution in [0.15, 0.2) is 0 Å². The summed E-state index contributed by atoms with van der Waals surface area (Å²) in [6, 6.07) is 0. The maximum Gasteiger partial charge on any atom is 0.142 e. The fraction of sp³-hybridized carbons (Fsp3) is 0.913. The molecule has 2 atom stereocenters. The molecule has 3 aliphatic rings. The highest BCUT2D eigenvalue weighted by atomic mass is 16.1. The Morgan fingerprint density at radius 2 is 1.56 bits per heavy atom. The monoisotopic (exact) mass is 346 g/mol. The molecular weight excluding hydrogens is 308 g/mol. The first-order valence-electron chi connectivity index (χ1n) is 11.2. The fourth-order valence-corrected chi connectivity index (χ4v) is 5.56. The predicted molar refractivity (Wildman–Crippen MR) is 102 cm³/mol. The van der Waals surface area contributed by atoms with Crippen LogP contribution in [-0.2, 0) is 9.59 Å². The highest BCUT2D eigenvalue weighted by Gasteiger charge is 2.51. The van der Waals surface area contributed by atoms with E-state index in [2.05, 4.69) is 6.92 Å². The van der Waals surface area contributed by atoms with E-state index in [1.54, 1.807) is 0 Å². The molecule has 0 aromatic carbocycles. The highest BCUT2D eigenvalue weighted by Crippen LogP contribution is 2.53. The lowest BCUT2D eigenvalue weighted by molar-refractivity contribution is -0.128. The van der Waals surface area contributed by atoms with Gasteiger partial charge in [-0.25, -0.2) is 0 Å². The fourth-order valence-electron chi connectivity index (χ4n) is 5.56. The Labute approximate surface area is 154 Å². The van der Waals surface area contributed by atoms with E-state index in [0.717, 1.165) is 44.4 Å². The first kappa shape index (κ1) is 19.1. The van der Waals surface area contributed by atoms with Gasteiger partial charge >= 0.3 is 0 Å². The van der Waals surface area contributed by atoms with Crippen molar-refractivity contribution in [2.75, 3.05) is 0 Å². The van der Waals surface area contributed by atoms with Crippen LogP contribution in [-0.4, -0.2) is 11.6 Å². The molecular formula is C23H38O2. The summed E-state index contributed by atoms with van der Waals surface area (Å²) in [5.41, 5.74) is -0.0706. The molecule has 0 bridgehead atoms. The molecule has 0 amide bonds. The molecule has 142 valence electrons. The van der Waals surface area contributed by atoms with Crippen molar-refractivity contribution in [3.8, 4) is 0 Å². The smallest absolute Gasteiger partial charge is 0.142 e. The van der Waals surface area contributed by atoms with Gasteiger partial charge in [0.1, 0.15) is 11.6 Å². The van der Waals surface area contributed by atoms with Crippen LogP contribution >= 0.6 is 0 Å². The summed E-state index contributed by atoms with van der Waals surface area (Å²) in [6.45, 7) is 2.26. The summed E-state index contributed by atoms with van der Waals surface area (Å²) in [6.07, 6.45) is 18.2. The molecule has 2 heteroatoms. The van der Waals surface area contributed by atoms with Crippen LogP contribution in [0.3, 0.4) is 0 Å². The molecule has 2 nitrogen and oxygen atoms in total. The Hall–Kier alpha value is -0.660. The largest absolute Gasteiger partial charge is 0.300 e. The van der Waals surface area contributed by atoms with Crippen molar-refractivity contribution in [3.05, 3.63) is 0 Å². The molecule has 0 N–H and O–H groups in total. The molecule has 3 rings (SSSR count). The number of Topliss-reactive ketones (excluding diaryl/α,β-unsaturated/α-hetero) is 2. The normalized spacial score (nSPS) is 28.8. The number of carbonyl (C=O) groups is 2. The van der Waals surface area contributed by atoms with Crippen LogP contribution in [0, 0.1) is 23.2 Å². The van der Waals surface area contributed by atoms with E-state index in [1.807, 2.05) is 0 Å². The number of rotatable bonds is 10. The molecule has 0 aromatic heterocycles. The number of carbonyl (C=O) groups excluding carboxylic acids is 2. The molecule has 3 saturated carbocycles. The molecule has 0 aliphatic heterocycles. The zero-order valence-corrected chi connectivity index (χ0v) is 16.4. The van der Waals surface area contributed by atoms with Crippen LogP contribution < -0.4 is 0 Å². The Bertz CT molecular complexity index is 457. The zero-order valence-electron chi connectivity index (χ0n) is 16.4. The van der Waals surface area contributed by atoms with Gasteiger partial charge in [-0.3, -0.25) is 9.59 Å². The summed E-state index contributed by atoms with van der Waals surface area (Å²) in [4.78, 5) is 25.4. The van der Waals surface area contributed by atoms with Crippen molar-refractivity contribution < 1.29 is 9.59 Å². The van der Waals surface area contributed by atoms with E-state index in [4.69, 9.17) is 0 Å². The third-order valence-electron chi connectivity index (χ3n) is 7.47. The van der Waals surface area contributed by atoms with E-state index in [1.165, 1.54) is 57.8 Å². The Kier molecular flexibility index (Phi) is 6.74. The molecule has 0 heterocycles. The summed E-state index contributed by atoms with van der Waals surface area (Å²) < 4.78 is 0. The van der Waals surface area contributed by atoms with Crippen LogP contribution in [0.2, 0.25) is 0 Å². The van der Waals surface area contributed by atoms with Gasteiger partial charge in [0.05, 0.1) is 0 Å². The van der Waals surface area contributed by atoms with Gasteiger partial charge in [-0.2, -0.15) is 0 Å². The topological polar surface area (TPSA) is 34.1 Å². The Morgan fingerprint density at radius 3 is 2.20 bits per heavy atom. The van der Waals surface area contributed by atoms with E-state index in [-0.39, 0.29) is 5.41 Å². The van der Waals surface area contributed by atoms with Crippen LogP contribution in [0.5, 0.6) is 0 Å². The molecule has 0 aromatic rings. The third kappa shape index (κ3) is 4.95. The molecule has 0 spiro atoms. The van der Waals surface area contributed by atoms with Gasteiger partial charge in [0, 0.05) is 24.2 Å². The van der Waals surface area contributed by atoms with E-state index < -0.39 is 0 Å². The predicted octanol–water partition coefficient (Wildman–Crippen LogP) is 6.26. The quantitative estimate of drug-likeness (QED) is 0.467. The maximum atomic E-state index is 12.8. The van der Waals surface area contributed by atoms with Crippen molar-refractivity contribution in [1.82, 2.24) is 0 Å². The van der Waals surface area contributed by atoms with Crippen LogP contribution in [0.25, 0.3) is 0 Å². The minimum absolute atomic E-state index is 0.0706. The van der Waals surface area contributed by atoms with Gasteiger partial charge < -0.3 is 0 Å². The summed E-state index contributed by atoms with van der Waals surface area (Å²) >= 11 is 0. The van der Waals surface area contributed by atoms with Gasteiger partial charge in [-0.1, -0.05) is 58.3 Å². The standard InChI is InChI=1S/C23H38O2/c1-2-3-8-18-9-4-7-12-20(18)17-21(24)13-14-23(15-16-23)22(25)19-10-5-6-11-19/h18-20H,2-17H2,1H3. The minimum Gasteiger partial charge on any atom is -0.300 e. The minimum atomic E-state index is -0.0706. The van der Waals surface area contributed by atoms with Gasteiger partial charge in [0.2, 0.25) is 0 Å². The number of hydrogen-bond acceptors (Lipinski definition) is 2. The average Bonchev–Trinajstić information content (AvgIpc) is 3.22. The molecule has 0 radical (unpaired) electrons. The van der Waals surface area contributed by atoms with Crippen molar-refractivity contribution in [2.45, 2.75) is 110 Å². The second-order valence-electron chi connectivity index (χ2n) is 9.32. The second-order valence-corrected chi connectivity index (χ2v) is 9.32. The lowest BCUT2D eigenvalue weighted by atomic mass is 9.74. The van der Waals surface area contributed by atoms with Crippen molar-refractivity contribution in [2.24, 2.45) is 23.2 Å². The van der Waals surface area contributed by atoms with E-state index in [0.29, 0.717) is 29.8 Å². The van der Waals surface area contributed by atoms with Crippen LogP contribution in [0.1, 0.15) is 110 Å². The van der Waals surface area contributed by atoms with Gasteiger partial charge in [0.25, 0.3) is 0 Å². The average molecular weight is 347 g/mol. The molecule has 0 saturated heterocycles. The number of hydrogen-bond donors (Lipinski definition) is 0. The first-order valence-corrected chi connectivity index (χ1v) is 11.2. The van der Waals surface area contributed by atoms with Crippen molar-refractivity contribution in [1.29, 1.82) is 0 Å². The zero-order chi connectivity index (χ0) is 17.7. The molecule has 3 fully saturated rings. The maximum absolute atomic E-state index is 12.8. The molecule has 2 unspecified atom stereocenters.